The smallest absolute Gasteiger partial charge is 0.0990 e. The second-order valence-corrected chi connectivity index (χ2v) is 3.08. The molecular weight excluding hydrogens is 140 g/mol. The molecule has 0 aliphatic carbocycles. The molecule has 0 spiro atoms. The van der Waals surface area contributed by atoms with Crippen LogP contribution in [0.25, 0.3) is 0 Å². The molecule has 11 heavy (non-hydrogen) atoms. The van der Waals surface area contributed by atoms with Crippen LogP contribution in [0.4, 0.5) is 0 Å². The van der Waals surface area contributed by atoms with Gasteiger partial charge in [-0.25, -0.2) is 0 Å². The number of likely N-dealkylation sites (tertiary alicyclic amines) is 1. The Morgan fingerprint density at radius 2 is 2.09 bits per heavy atom. The van der Waals surface area contributed by atoms with Gasteiger partial charge in [-0.05, 0) is 19.8 Å². The van der Waals surface area contributed by atoms with E-state index in [1.54, 1.807) is 0 Å². The summed E-state index contributed by atoms with van der Waals surface area (Å²) in [6, 6.07) is 0.424. The molecule has 0 saturated carbocycles. The van der Waals surface area contributed by atoms with Crippen molar-refractivity contribution >= 4 is 0 Å². The van der Waals surface area contributed by atoms with E-state index in [1.807, 2.05) is 6.92 Å². The summed E-state index contributed by atoms with van der Waals surface area (Å²) in [6.45, 7) is 5.81. The van der Waals surface area contributed by atoms with E-state index in [-0.39, 0.29) is 0 Å². The van der Waals surface area contributed by atoms with Crippen LogP contribution in [0.1, 0.15) is 19.8 Å². The highest BCUT2D eigenvalue weighted by atomic mass is 16.5. The zero-order valence-electron chi connectivity index (χ0n) is 7.25. The normalized spacial score (nSPS) is 22.4. The summed E-state index contributed by atoms with van der Waals surface area (Å²) >= 11 is 0. The van der Waals surface area contributed by atoms with Crippen LogP contribution in [0.5, 0.6) is 0 Å². The third-order valence-electron chi connectivity index (χ3n) is 2.11. The summed E-state index contributed by atoms with van der Waals surface area (Å²) in [5.41, 5.74) is 5.76. The van der Waals surface area contributed by atoms with E-state index in [0.717, 1.165) is 39.3 Å². The van der Waals surface area contributed by atoms with Gasteiger partial charge in [-0.15, -0.1) is 0 Å². The number of ether oxygens (including phenoxy) is 1. The van der Waals surface area contributed by atoms with E-state index < -0.39 is 0 Å². The highest BCUT2D eigenvalue weighted by molar-refractivity contribution is 4.72. The number of hydrogen-bond donors (Lipinski definition) is 1. The van der Waals surface area contributed by atoms with Gasteiger partial charge in [0, 0.05) is 25.7 Å². The van der Waals surface area contributed by atoms with Gasteiger partial charge in [-0.1, -0.05) is 0 Å². The van der Waals surface area contributed by atoms with Crippen LogP contribution in [-0.4, -0.2) is 37.4 Å². The van der Waals surface area contributed by atoms with Crippen molar-refractivity contribution < 1.29 is 4.74 Å². The van der Waals surface area contributed by atoms with Crippen LogP contribution >= 0.6 is 0 Å². The molecule has 1 rings (SSSR count). The van der Waals surface area contributed by atoms with Crippen LogP contribution < -0.4 is 5.73 Å². The lowest BCUT2D eigenvalue weighted by atomic mass is 10.1. The van der Waals surface area contributed by atoms with Gasteiger partial charge < -0.3 is 10.5 Å². The summed E-state index contributed by atoms with van der Waals surface area (Å²) in [5.74, 6) is 0. The molecule has 1 saturated heterocycles. The molecule has 1 aliphatic rings. The fourth-order valence-corrected chi connectivity index (χ4v) is 1.30. The van der Waals surface area contributed by atoms with E-state index in [9.17, 15) is 0 Å². The Labute approximate surface area is 68.5 Å². The van der Waals surface area contributed by atoms with Crippen molar-refractivity contribution in [2.24, 2.45) is 5.73 Å². The SMILES string of the molecule is CCOCN1CCC(N)CC1. The van der Waals surface area contributed by atoms with Crippen molar-refractivity contribution in [3.8, 4) is 0 Å². The lowest BCUT2D eigenvalue weighted by molar-refractivity contribution is 0.0227. The van der Waals surface area contributed by atoms with Crippen LogP contribution in [0, 0.1) is 0 Å². The van der Waals surface area contributed by atoms with Crippen molar-refractivity contribution in [1.29, 1.82) is 0 Å². The number of piperidine rings is 1. The molecule has 3 heteroatoms. The van der Waals surface area contributed by atoms with Crippen LogP contribution in [0.3, 0.4) is 0 Å². The van der Waals surface area contributed by atoms with E-state index >= 15 is 0 Å². The molecule has 1 heterocycles. The monoisotopic (exact) mass is 158 g/mol. The predicted octanol–water partition coefficient (Wildman–Crippen LogP) is 0.404. The number of hydrogen-bond acceptors (Lipinski definition) is 3. The standard InChI is InChI=1S/C8H18N2O/c1-2-11-7-10-5-3-8(9)4-6-10/h8H,2-7,9H2,1H3. The van der Waals surface area contributed by atoms with Gasteiger partial charge in [-0.2, -0.15) is 0 Å². The van der Waals surface area contributed by atoms with Gasteiger partial charge >= 0.3 is 0 Å². The number of nitrogens with zero attached hydrogens (tertiary/aromatic N) is 1. The van der Waals surface area contributed by atoms with Gasteiger partial charge in [0.15, 0.2) is 0 Å². The average molecular weight is 158 g/mol. The molecule has 0 aromatic heterocycles. The summed E-state index contributed by atoms with van der Waals surface area (Å²) in [6.07, 6.45) is 2.24. The van der Waals surface area contributed by atoms with E-state index in [1.165, 1.54) is 0 Å². The molecule has 0 radical (unpaired) electrons. The minimum Gasteiger partial charge on any atom is -0.366 e. The summed E-state index contributed by atoms with van der Waals surface area (Å²) in [5, 5.41) is 0. The fourth-order valence-electron chi connectivity index (χ4n) is 1.30. The van der Waals surface area contributed by atoms with Gasteiger partial charge in [-0.3, -0.25) is 4.90 Å². The molecule has 3 nitrogen and oxygen atoms in total. The minimum atomic E-state index is 0.424. The Hall–Kier alpha value is -0.120. The zero-order valence-corrected chi connectivity index (χ0v) is 7.25. The summed E-state index contributed by atoms with van der Waals surface area (Å²) < 4.78 is 5.29. The molecule has 66 valence electrons. The lowest BCUT2D eigenvalue weighted by Crippen LogP contribution is -2.40. The molecule has 0 atom stereocenters. The summed E-state index contributed by atoms with van der Waals surface area (Å²) in [7, 11) is 0. The highest BCUT2D eigenvalue weighted by Gasteiger charge is 2.14. The van der Waals surface area contributed by atoms with Crippen molar-refractivity contribution in [2.75, 3.05) is 26.4 Å². The molecule has 1 fully saturated rings. The largest absolute Gasteiger partial charge is 0.366 e. The van der Waals surface area contributed by atoms with E-state index in [0.29, 0.717) is 6.04 Å². The lowest BCUT2D eigenvalue weighted by Gasteiger charge is -2.29. The first kappa shape index (κ1) is 8.97. The second kappa shape index (κ2) is 4.70. The van der Waals surface area contributed by atoms with Crippen LogP contribution in [0.15, 0.2) is 0 Å². The Balaban J connectivity index is 2.07. The molecule has 0 aromatic rings. The molecule has 1 aliphatic heterocycles. The van der Waals surface area contributed by atoms with E-state index in [2.05, 4.69) is 4.90 Å². The molecule has 2 N–H and O–H groups in total. The minimum absolute atomic E-state index is 0.424. The maximum Gasteiger partial charge on any atom is 0.0990 e. The van der Waals surface area contributed by atoms with Crippen molar-refractivity contribution in [1.82, 2.24) is 4.90 Å². The Morgan fingerprint density at radius 1 is 1.45 bits per heavy atom. The maximum absolute atomic E-state index is 5.76. The van der Waals surface area contributed by atoms with Crippen molar-refractivity contribution in [2.45, 2.75) is 25.8 Å². The molecule has 0 amide bonds. The van der Waals surface area contributed by atoms with Gasteiger partial charge in [0.1, 0.15) is 0 Å². The third-order valence-corrected chi connectivity index (χ3v) is 2.11. The topological polar surface area (TPSA) is 38.5 Å². The summed E-state index contributed by atoms with van der Waals surface area (Å²) in [4.78, 5) is 2.31. The Morgan fingerprint density at radius 3 is 2.64 bits per heavy atom. The fraction of sp³-hybridized carbons (Fsp3) is 1.00. The van der Waals surface area contributed by atoms with E-state index in [4.69, 9.17) is 10.5 Å². The first-order valence-electron chi connectivity index (χ1n) is 4.38. The molecule has 0 aromatic carbocycles. The van der Waals surface area contributed by atoms with Crippen molar-refractivity contribution in [3.63, 3.8) is 0 Å². The Bertz CT molecular complexity index is 97.5. The third kappa shape index (κ3) is 3.18. The zero-order chi connectivity index (χ0) is 8.10. The highest BCUT2D eigenvalue weighted by Crippen LogP contribution is 2.07. The van der Waals surface area contributed by atoms with Gasteiger partial charge in [0.2, 0.25) is 0 Å². The first-order chi connectivity index (χ1) is 5.33. The molecule has 0 bridgehead atoms. The van der Waals surface area contributed by atoms with Gasteiger partial charge in [0.25, 0.3) is 0 Å². The second-order valence-electron chi connectivity index (χ2n) is 3.08. The van der Waals surface area contributed by atoms with Gasteiger partial charge in [0.05, 0.1) is 6.73 Å². The Kier molecular flexibility index (Phi) is 3.83. The van der Waals surface area contributed by atoms with Crippen molar-refractivity contribution in [3.05, 3.63) is 0 Å². The van der Waals surface area contributed by atoms with Crippen LogP contribution in [-0.2, 0) is 4.74 Å². The predicted molar refractivity (Wildman–Crippen MR) is 45.3 cm³/mol. The number of rotatable bonds is 3. The molecule has 0 unspecified atom stereocenters. The average Bonchev–Trinajstić information content (AvgIpc) is 2.04. The molecular formula is C8H18N2O. The maximum atomic E-state index is 5.76. The van der Waals surface area contributed by atoms with Crippen LogP contribution in [0.2, 0.25) is 0 Å². The first-order valence-corrected chi connectivity index (χ1v) is 4.38. The quantitative estimate of drug-likeness (QED) is 0.646. The number of nitrogens with two attached hydrogens (primary N) is 1.